The maximum Gasteiger partial charge on any atom is 0.278 e. The van der Waals surface area contributed by atoms with Gasteiger partial charge in [-0.05, 0) is 68.7 Å². The fourth-order valence-corrected chi connectivity index (χ4v) is 2.77. The number of amides is 1. The van der Waals surface area contributed by atoms with Crippen molar-refractivity contribution in [1.82, 2.24) is 5.16 Å². The van der Waals surface area contributed by atoms with E-state index in [4.69, 9.17) is 9.26 Å². The molecule has 1 amide bonds. The molecule has 0 unspecified atom stereocenters. The summed E-state index contributed by atoms with van der Waals surface area (Å²) in [4.78, 5) is 12.6. The number of nitrogens with one attached hydrogen (secondary N) is 1. The fraction of sp³-hybridized carbons (Fsp3) is 0.238. The number of halogens is 1. The molecule has 0 radical (unpaired) electrons. The van der Waals surface area contributed by atoms with Crippen LogP contribution in [0.15, 0.2) is 40.9 Å². The number of carbonyl (C=O) groups is 1. The van der Waals surface area contributed by atoms with Crippen molar-refractivity contribution >= 4 is 11.6 Å². The lowest BCUT2D eigenvalue weighted by Crippen LogP contribution is -2.15. The van der Waals surface area contributed by atoms with Crippen LogP contribution in [0.3, 0.4) is 0 Å². The first kappa shape index (κ1) is 18.6. The Labute approximate surface area is 157 Å². The summed E-state index contributed by atoms with van der Waals surface area (Å²) in [7, 11) is 0. The number of benzene rings is 2. The van der Waals surface area contributed by atoms with E-state index in [1.54, 1.807) is 26.0 Å². The zero-order valence-electron chi connectivity index (χ0n) is 15.7. The highest BCUT2D eigenvalue weighted by Gasteiger charge is 2.21. The summed E-state index contributed by atoms with van der Waals surface area (Å²) in [5.74, 6) is 0.344. The number of anilines is 1. The number of aromatic nitrogens is 1. The summed E-state index contributed by atoms with van der Waals surface area (Å²) in [5, 5.41) is 6.48. The SMILES string of the molecule is Cc1cc(C)cc(OCc2c(C(=O)Nc3ccc(C)c(F)c3)noc2C)c1. The first-order chi connectivity index (χ1) is 12.8. The quantitative estimate of drug-likeness (QED) is 0.697. The molecule has 0 spiro atoms. The van der Waals surface area contributed by atoms with Gasteiger partial charge in [-0.2, -0.15) is 0 Å². The van der Waals surface area contributed by atoms with Crippen LogP contribution in [0.1, 0.15) is 38.5 Å². The highest BCUT2D eigenvalue weighted by atomic mass is 19.1. The van der Waals surface area contributed by atoms with Gasteiger partial charge >= 0.3 is 0 Å². The van der Waals surface area contributed by atoms with Crippen molar-refractivity contribution in [1.29, 1.82) is 0 Å². The van der Waals surface area contributed by atoms with Crippen LogP contribution in [-0.2, 0) is 6.61 Å². The molecule has 0 fully saturated rings. The molecule has 3 aromatic rings. The minimum Gasteiger partial charge on any atom is -0.489 e. The Morgan fingerprint density at radius 3 is 2.48 bits per heavy atom. The van der Waals surface area contributed by atoms with Gasteiger partial charge in [-0.25, -0.2) is 4.39 Å². The largest absolute Gasteiger partial charge is 0.489 e. The molecule has 0 saturated carbocycles. The minimum absolute atomic E-state index is 0.123. The first-order valence-electron chi connectivity index (χ1n) is 8.57. The van der Waals surface area contributed by atoms with Gasteiger partial charge in [-0.1, -0.05) is 17.3 Å². The van der Waals surface area contributed by atoms with E-state index < -0.39 is 5.91 Å². The molecule has 0 atom stereocenters. The molecule has 1 heterocycles. The van der Waals surface area contributed by atoms with Crippen molar-refractivity contribution in [2.75, 3.05) is 5.32 Å². The van der Waals surface area contributed by atoms with E-state index >= 15 is 0 Å². The van der Waals surface area contributed by atoms with Crippen molar-refractivity contribution in [3.63, 3.8) is 0 Å². The third kappa shape index (κ3) is 4.34. The van der Waals surface area contributed by atoms with Gasteiger partial charge in [-0.3, -0.25) is 4.79 Å². The van der Waals surface area contributed by atoms with Crippen LogP contribution in [0.25, 0.3) is 0 Å². The number of ether oxygens (including phenoxy) is 1. The molecular formula is C21H21FN2O3. The van der Waals surface area contributed by atoms with E-state index in [1.165, 1.54) is 6.07 Å². The topological polar surface area (TPSA) is 64.4 Å². The Bertz CT molecular complexity index is 975. The van der Waals surface area contributed by atoms with Crippen molar-refractivity contribution in [2.45, 2.75) is 34.3 Å². The van der Waals surface area contributed by atoms with Gasteiger partial charge in [-0.15, -0.1) is 0 Å². The van der Waals surface area contributed by atoms with Gasteiger partial charge in [0.15, 0.2) is 5.69 Å². The Morgan fingerprint density at radius 2 is 1.81 bits per heavy atom. The van der Waals surface area contributed by atoms with Gasteiger partial charge in [0, 0.05) is 5.69 Å². The van der Waals surface area contributed by atoms with Crippen LogP contribution in [0.4, 0.5) is 10.1 Å². The van der Waals surface area contributed by atoms with Crippen LogP contribution in [0.2, 0.25) is 0 Å². The van der Waals surface area contributed by atoms with Gasteiger partial charge in [0.05, 0.1) is 5.56 Å². The molecule has 0 aliphatic rings. The van der Waals surface area contributed by atoms with Crippen LogP contribution in [0.5, 0.6) is 5.75 Å². The normalized spacial score (nSPS) is 10.7. The molecule has 0 saturated heterocycles. The van der Waals surface area contributed by atoms with Crippen molar-refractivity contribution in [3.05, 3.63) is 75.9 Å². The van der Waals surface area contributed by atoms with Crippen LogP contribution < -0.4 is 10.1 Å². The zero-order valence-corrected chi connectivity index (χ0v) is 15.7. The highest BCUT2D eigenvalue weighted by molar-refractivity contribution is 6.03. The van der Waals surface area contributed by atoms with E-state index in [9.17, 15) is 9.18 Å². The summed E-state index contributed by atoms with van der Waals surface area (Å²) < 4.78 is 24.7. The van der Waals surface area contributed by atoms with E-state index in [2.05, 4.69) is 16.5 Å². The van der Waals surface area contributed by atoms with Crippen LogP contribution >= 0.6 is 0 Å². The van der Waals surface area contributed by atoms with Gasteiger partial charge in [0.25, 0.3) is 5.91 Å². The highest BCUT2D eigenvalue weighted by Crippen LogP contribution is 2.22. The predicted molar refractivity (Wildman–Crippen MR) is 101 cm³/mol. The number of rotatable bonds is 5. The molecule has 1 N–H and O–H groups in total. The van der Waals surface area contributed by atoms with Crippen molar-refractivity contribution in [2.24, 2.45) is 0 Å². The van der Waals surface area contributed by atoms with Crippen molar-refractivity contribution < 1.29 is 18.4 Å². The van der Waals surface area contributed by atoms with E-state index in [0.29, 0.717) is 28.3 Å². The molecule has 6 heteroatoms. The summed E-state index contributed by atoms with van der Waals surface area (Å²) >= 11 is 0. The summed E-state index contributed by atoms with van der Waals surface area (Å²) in [5.41, 5.74) is 3.72. The molecule has 2 aromatic carbocycles. The molecule has 0 aliphatic heterocycles. The number of aryl methyl sites for hydroxylation is 4. The second kappa shape index (κ2) is 7.61. The molecule has 0 bridgehead atoms. The number of hydrogen-bond acceptors (Lipinski definition) is 4. The standard InChI is InChI=1S/C21H21FN2O3/c1-12-7-13(2)9-17(8-12)26-11-18-15(4)27-24-20(18)21(25)23-16-6-5-14(3)19(22)10-16/h5-10H,11H2,1-4H3,(H,23,25). The molecule has 3 rings (SSSR count). The number of nitrogens with zero attached hydrogens (tertiary/aromatic N) is 1. The molecule has 1 aromatic heterocycles. The maximum absolute atomic E-state index is 13.7. The second-order valence-electron chi connectivity index (χ2n) is 6.60. The minimum atomic E-state index is -0.478. The molecule has 140 valence electrons. The summed E-state index contributed by atoms with van der Waals surface area (Å²) in [6.07, 6.45) is 0. The van der Waals surface area contributed by atoms with Crippen molar-refractivity contribution in [3.8, 4) is 5.75 Å². The average molecular weight is 368 g/mol. The molecular weight excluding hydrogens is 347 g/mol. The predicted octanol–water partition coefficient (Wildman–Crippen LogP) is 4.88. The lowest BCUT2D eigenvalue weighted by atomic mass is 10.1. The lowest BCUT2D eigenvalue weighted by molar-refractivity contribution is 0.101. The zero-order chi connectivity index (χ0) is 19.6. The smallest absolute Gasteiger partial charge is 0.278 e. The molecule has 0 aliphatic carbocycles. The summed E-state index contributed by atoms with van der Waals surface area (Å²) in [6.45, 7) is 7.50. The fourth-order valence-electron chi connectivity index (χ4n) is 2.77. The van der Waals surface area contributed by atoms with E-state index in [1.807, 2.05) is 26.0 Å². The monoisotopic (exact) mass is 368 g/mol. The average Bonchev–Trinajstić information content (AvgIpc) is 2.96. The third-order valence-corrected chi connectivity index (χ3v) is 4.21. The maximum atomic E-state index is 13.7. The van der Waals surface area contributed by atoms with E-state index in [0.717, 1.165) is 11.1 Å². The number of carbonyl (C=O) groups excluding carboxylic acids is 1. The lowest BCUT2D eigenvalue weighted by Gasteiger charge is -2.09. The van der Waals surface area contributed by atoms with Gasteiger partial charge in [0.2, 0.25) is 0 Å². The molecule has 27 heavy (non-hydrogen) atoms. The summed E-state index contributed by atoms with van der Waals surface area (Å²) in [6, 6.07) is 10.4. The third-order valence-electron chi connectivity index (χ3n) is 4.21. The Balaban J connectivity index is 1.77. The first-order valence-corrected chi connectivity index (χ1v) is 8.57. The van der Waals surface area contributed by atoms with Crippen LogP contribution in [-0.4, -0.2) is 11.1 Å². The van der Waals surface area contributed by atoms with Crippen LogP contribution in [0, 0.1) is 33.5 Å². The van der Waals surface area contributed by atoms with Gasteiger partial charge in [0.1, 0.15) is 23.9 Å². The second-order valence-corrected chi connectivity index (χ2v) is 6.60. The molecule has 5 nitrogen and oxygen atoms in total. The number of hydrogen-bond donors (Lipinski definition) is 1. The Hall–Kier alpha value is -3.15. The van der Waals surface area contributed by atoms with Gasteiger partial charge < -0.3 is 14.6 Å². The Kier molecular flexibility index (Phi) is 5.26. The van der Waals surface area contributed by atoms with E-state index in [-0.39, 0.29) is 18.1 Å². The Morgan fingerprint density at radius 1 is 1.11 bits per heavy atom.